The molecule has 0 amide bonds. The van der Waals surface area contributed by atoms with Crippen LogP contribution in [0.5, 0.6) is 34.5 Å². The van der Waals surface area contributed by atoms with Gasteiger partial charge in [-0.15, -0.1) is 0 Å². The average Bonchev–Trinajstić information content (AvgIpc) is 3.54. The van der Waals surface area contributed by atoms with Crippen LogP contribution in [0.2, 0.25) is 0 Å². The number of benzene rings is 4. The van der Waals surface area contributed by atoms with E-state index < -0.39 is 0 Å². The maximum atomic E-state index is 10.1. The fourth-order valence-corrected chi connectivity index (χ4v) is 4.78. The van der Waals surface area contributed by atoms with Crippen LogP contribution in [0.4, 0.5) is 0 Å². The van der Waals surface area contributed by atoms with Gasteiger partial charge in [0.15, 0.2) is 28.8 Å². The lowest BCUT2D eigenvalue weighted by Crippen LogP contribution is -1.98. The van der Waals surface area contributed by atoms with E-state index in [1.54, 1.807) is 54.8 Å². The van der Waals surface area contributed by atoms with E-state index in [9.17, 15) is 4.79 Å². The average molecular weight is 567 g/mol. The molecule has 42 heavy (non-hydrogen) atoms. The largest absolute Gasteiger partial charge is 0.493 e. The number of ketones is 1. The third kappa shape index (κ3) is 6.25. The molecule has 0 aliphatic heterocycles. The summed E-state index contributed by atoms with van der Waals surface area (Å²) in [6.45, 7) is 0. The highest BCUT2D eigenvalue weighted by Crippen LogP contribution is 2.48. The minimum Gasteiger partial charge on any atom is -0.493 e. The lowest BCUT2D eigenvalue weighted by atomic mass is 9.87. The van der Waals surface area contributed by atoms with Gasteiger partial charge >= 0.3 is 0 Å². The molecule has 7 heteroatoms. The van der Waals surface area contributed by atoms with Crippen LogP contribution in [0.15, 0.2) is 97.1 Å². The van der Waals surface area contributed by atoms with Crippen LogP contribution in [0, 0.1) is 0 Å². The summed E-state index contributed by atoms with van der Waals surface area (Å²) in [6.07, 6.45) is 6.50. The molecule has 1 aliphatic carbocycles. The van der Waals surface area contributed by atoms with E-state index in [2.05, 4.69) is 24.3 Å². The highest BCUT2D eigenvalue weighted by Gasteiger charge is 2.21. The second-order valence-corrected chi connectivity index (χ2v) is 9.04. The summed E-state index contributed by atoms with van der Waals surface area (Å²) in [5.41, 5.74) is 5.92. The SMILES string of the molecule is COc1cc(-c2cccc(-c3ccccc3)c2-c2cc(OC)c(OC)c(OC)c2)cc(OC)c1OC.O=C1C=CC=C1. The molecule has 0 heterocycles. The number of ether oxygens (including phenoxy) is 6. The minimum atomic E-state index is 0.0926. The highest BCUT2D eigenvalue weighted by molar-refractivity contribution is 6.02. The first-order valence-corrected chi connectivity index (χ1v) is 13.2. The standard InChI is InChI=1S/C30H30O6.C5H4O/c1-31-24-15-20(16-25(32-2)29(24)35-5)23-14-10-13-22(19-11-8-7-9-12-19)28(23)21-17-26(33-3)30(36-6)27(18-21)34-4;6-5-3-1-2-4-5/h7-18H,1-6H3;1-4H. The molecule has 0 radical (unpaired) electrons. The van der Waals surface area contributed by atoms with Crippen molar-refractivity contribution in [1.29, 1.82) is 0 Å². The first-order valence-electron chi connectivity index (χ1n) is 13.2. The summed E-state index contributed by atoms with van der Waals surface area (Å²) in [6, 6.07) is 24.3. The summed E-state index contributed by atoms with van der Waals surface area (Å²) >= 11 is 0. The van der Waals surface area contributed by atoms with Gasteiger partial charge in [-0.05, 0) is 69.8 Å². The molecule has 0 N–H and O–H groups in total. The number of hydrogen-bond donors (Lipinski definition) is 0. The fraction of sp³-hybridized carbons (Fsp3) is 0.171. The number of carbonyl (C=O) groups is 1. The van der Waals surface area contributed by atoms with Crippen molar-refractivity contribution < 1.29 is 33.2 Å². The van der Waals surface area contributed by atoms with Crippen molar-refractivity contribution in [3.63, 3.8) is 0 Å². The molecule has 0 atom stereocenters. The van der Waals surface area contributed by atoms with Crippen LogP contribution in [0.25, 0.3) is 33.4 Å². The van der Waals surface area contributed by atoms with Gasteiger partial charge in [-0.2, -0.15) is 0 Å². The topological polar surface area (TPSA) is 72.5 Å². The maximum Gasteiger partial charge on any atom is 0.203 e. The molecule has 0 fully saturated rings. The Bertz CT molecular complexity index is 1540. The van der Waals surface area contributed by atoms with Crippen molar-refractivity contribution in [2.45, 2.75) is 0 Å². The highest BCUT2D eigenvalue weighted by atomic mass is 16.5. The van der Waals surface area contributed by atoms with Crippen LogP contribution in [-0.4, -0.2) is 48.4 Å². The summed E-state index contributed by atoms with van der Waals surface area (Å²) < 4.78 is 33.7. The zero-order valence-electron chi connectivity index (χ0n) is 24.6. The van der Waals surface area contributed by atoms with E-state index in [1.807, 2.05) is 48.5 Å². The number of hydrogen-bond acceptors (Lipinski definition) is 7. The van der Waals surface area contributed by atoms with Gasteiger partial charge in [0.2, 0.25) is 11.5 Å². The van der Waals surface area contributed by atoms with Gasteiger partial charge < -0.3 is 28.4 Å². The van der Waals surface area contributed by atoms with Gasteiger partial charge in [0.25, 0.3) is 0 Å². The van der Waals surface area contributed by atoms with Crippen molar-refractivity contribution in [2.24, 2.45) is 0 Å². The van der Waals surface area contributed by atoms with Crippen molar-refractivity contribution >= 4 is 5.78 Å². The van der Waals surface area contributed by atoms with E-state index >= 15 is 0 Å². The molecule has 0 saturated heterocycles. The van der Waals surface area contributed by atoms with Gasteiger partial charge in [-0.3, -0.25) is 4.79 Å². The Morgan fingerprint density at radius 2 is 0.881 bits per heavy atom. The molecule has 0 unspecified atom stereocenters. The third-order valence-electron chi connectivity index (χ3n) is 6.71. The van der Waals surface area contributed by atoms with Gasteiger partial charge in [0.1, 0.15) is 0 Å². The quantitative estimate of drug-likeness (QED) is 0.209. The maximum absolute atomic E-state index is 10.1. The molecule has 4 aromatic rings. The van der Waals surface area contributed by atoms with Crippen LogP contribution >= 0.6 is 0 Å². The van der Waals surface area contributed by atoms with E-state index in [4.69, 9.17) is 28.4 Å². The summed E-state index contributed by atoms with van der Waals surface area (Å²) in [7, 11) is 9.65. The molecule has 5 rings (SSSR count). The van der Waals surface area contributed by atoms with Gasteiger partial charge in [-0.25, -0.2) is 0 Å². The summed E-state index contributed by atoms with van der Waals surface area (Å²) in [5.74, 6) is 3.47. The molecule has 0 saturated carbocycles. The van der Waals surface area contributed by atoms with Gasteiger partial charge in [-0.1, -0.05) is 60.7 Å². The Balaban J connectivity index is 0.000000600. The smallest absolute Gasteiger partial charge is 0.203 e. The van der Waals surface area contributed by atoms with Crippen molar-refractivity contribution in [1.82, 2.24) is 0 Å². The fourth-order valence-electron chi connectivity index (χ4n) is 4.78. The number of methoxy groups -OCH3 is 6. The van der Waals surface area contributed by atoms with Crippen molar-refractivity contribution in [3.05, 3.63) is 97.1 Å². The van der Waals surface area contributed by atoms with Crippen LogP contribution in [-0.2, 0) is 4.79 Å². The summed E-state index contributed by atoms with van der Waals surface area (Å²) in [5, 5.41) is 0. The molecular formula is C35H34O7. The Morgan fingerprint density at radius 3 is 1.26 bits per heavy atom. The second kappa shape index (κ2) is 13.9. The first kappa shape index (κ1) is 29.8. The lowest BCUT2D eigenvalue weighted by Gasteiger charge is -2.20. The number of rotatable bonds is 9. The number of carbonyl (C=O) groups excluding carboxylic acids is 1. The lowest BCUT2D eigenvalue weighted by molar-refractivity contribution is -0.110. The van der Waals surface area contributed by atoms with Crippen molar-refractivity contribution in [3.8, 4) is 67.9 Å². The Labute approximate surface area is 246 Å². The van der Waals surface area contributed by atoms with Gasteiger partial charge in [0.05, 0.1) is 42.7 Å². The van der Waals surface area contributed by atoms with E-state index in [0.29, 0.717) is 34.5 Å². The Morgan fingerprint density at radius 1 is 0.452 bits per heavy atom. The monoisotopic (exact) mass is 566 g/mol. The molecule has 216 valence electrons. The van der Waals surface area contributed by atoms with E-state index in [-0.39, 0.29) is 5.78 Å². The second-order valence-electron chi connectivity index (χ2n) is 9.04. The Hall–Kier alpha value is -5.17. The number of allylic oxidation sites excluding steroid dienone is 4. The zero-order valence-corrected chi connectivity index (χ0v) is 24.6. The molecule has 1 aliphatic rings. The van der Waals surface area contributed by atoms with Crippen LogP contribution in [0.1, 0.15) is 0 Å². The first-order chi connectivity index (χ1) is 20.5. The molecule has 0 aromatic heterocycles. The third-order valence-corrected chi connectivity index (χ3v) is 6.71. The van der Waals surface area contributed by atoms with E-state index in [1.165, 1.54) is 12.2 Å². The van der Waals surface area contributed by atoms with E-state index in [0.717, 1.165) is 33.4 Å². The van der Waals surface area contributed by atoms with Crippen LogP contribution < -0.4 is 28.4 Å². The summed E-state index contributed by atoms with van der Waals surface area (Å²) in [4.78, 5) is 10.1. The molecule has 4 aromatic carbocycles. The van der Waals surface area contributed by atoms with Gasteiger partial charge in [0, 0.05) is 0 Å². The Kier molecular flexibility index (Phi) is 9.90. The predicted octanol–water partition coefficient (Wildman–Crippen LogP) is 7.42. The van der Waals surface area contributed by atoms with Crippen molar-refractivity contribution in [2.75, 3.05) is 42.7 Å². The molecule has 0 bridgehead atoms. The molecule has 7 nitrogen and oxygen atoms in total. The predicted molar refractivity (Wildman–Crippen MR) is 165 cm³/mol. The zero-order chi connectivity index (χ0) is 30.1. The minimum absolute atomic E-state index is 0.0926. The normalized spacial score (nSPS) is 11.4. The molecular weight excluding hydrogens is 532 g/mol. The van der Waals surface area contributed by atoms with Crippen LogP contribution in [0.3, 0.4) is 0 Å². The molecule has 0 spiro atoms.